The predicted octanol–water partition coefficient (Wildman–Crippen LogP) is 4.24. The van der Waals surface area contributed by atoms with Gasteiger partial charge in [-0.1, -0.05) is 18.7 Å². The topological polar surface area (TPSA) is 95.3 Å². The number of ether oxygens (including phenoxy) is 2. The van der Waals surface area contributed by atoms with Crippen LogP contribution in [0.2, 0.25) is 0 Å². The maximum atomic E-state index is 13.0. The van der Waals surface area contributed by atoms with Gasteiger partial charge in [-0.25, -0.2) is 9.18 Å². The number of fused-ring (bicyclic) bond motifs is 1. The largest absolute Gasteiger partial charge is 0.486 e. The molecule has 0 spiro atoms. The number of thiophene rings is 1. The van der Waals surface area contributed by atoms with Crippen molar-refractivity contribution in [2.45, 2.75) is 37.9 Å². The van der Waals surface area contributed by atoms with Crippen LogP contribution in [0.25, 0.3) is 0 Å². The smallest absolute Gasteiger partial charge is 0.341 e. The Bertz CT molecular complexity index is 1190. The number of hydrogen-bond donors (Lipinski definition) is 1. The van der Waals surface area contributed by atoms with Crippen LogP contribution in [-0.2, 0) is 36.0 Å². The van der Waals surface area contributed by atoms with Gasteiger partial charge in [0, 0.05) is 11.9 Å². The minimum Gasteiger partial charge on any atom is -0.486 e. The highest BCUT2D eigenvalue weighted by Crippen LogP contribution is 2.40. The molecule has 0 aliphatic heterocycles. The zero-order chi connectivity index (χ0) is 24.2. The Morgan fingerprint density at radius 1 is 1.29 bits per heavy atom. The highest BCUT2D eigenvalue weighted by Gasteiger charge is 2.29. The number of esters is 1. The second-order valence-corrected chi connectivity index (χ2v) is 10.1. The summed E-state index contributed by atoms with van der Waals surface area (Å²) in [4.78, 5) is 26.2. The molecule has 4 rings (SSSR count). The van der Waals surface area contributed by atoms with Crippen molar-refractivity contribution >= 4 is 40.0 Å². The lowest BCUT2D eigenvalue weighted by Crippen LogP contribution is -2.17. The first-order chi connectivity index (χ1) is 16.4. The molecule has 1 atom stereocenters. The number of rotatable bonds is 8. The molecule has 1 aromatic carbocycles. The summed E-state index contributed by atoms with van der Waals surface area (Å²) in [6, 6.07) is 5.72. The molecule has 0 fully saturated rings. The molecule has 1 N–H and O–H groups in total. The van der Waals surface area contributed by atoms with Crippen molar-refractivity contribution in [2.75, 3.05) is 18.2 Å². The summed E-state index contributed by atoms with van der Waals surface area (Å²) in [5.41, 5.74) is 1.48. The molecule has 0 saturated carbocycles. The Morgan fingerprint density at radius 3 is 2.79 bits per heavy atom. The van der Waals surface area contributed by atoms with Crippen molar-refractivity contribution in [1.82, 2.24) is 14.8 Å². The number of carbonyl (C=O) groups excluding carboxylic acids is 2. The number of nitrogens with zero attached hydrogens (tertiary/aromatic N) is 3. The summed E-state index contributed by atoms with van der Waals surface area (Å²) in [5, 5.41) is 12.2. The van der Waals surface area contributed by atoms with Crippen LogP contribution < -0.4 is 10.1 Å². The summed E-state index contributed by atoms with van der Waals surface area (Å²) in [7, 11) is 3.14. The van der Waals surface area contributed by atoms with Crippen LogP contribution in [0.3, 0.4) is 0 Å². The van der Waals surface area contributed by atoms with E-state index in [0.717, 1.165) is 29.7 Å². The molecule has 0 bridgehead atoms. The molecule has 1 aliphatic carbocycles. The lowest BCUT2D eigenvalue weighted by Gasteiger charge is -2.18. The summed E-state index contributed by atoms with van der Waals surface area (Å²) in [6.07, 6.45) is 2.72. The van der Waals surface area contributed by atoms with Crippen molar-refractivity contribution in [2.24, 2.45) is 13.0 Å². The van der Waals surface area contributed by atoms with Gasteiger partial charge in [0.25, 0.3) is 0 Å². The van der Waals surface area contributed by atoms with Crippen molar-refractivity contribution in [3.05, 3.63) is 51.9 Å². The molecule has 2 aromatic heterocycles. The first kappa shape index (κ1) is 24.2. The van der Waals surface area contributed by atoms with Gasteiger partial charge in [0.05, 0.1) is 18.4 Å². The fourth-order valence-corrected chi connectivity index (χ4v) is 5.87. The molecule has 2 heterocycles. The van der Waals surface area contributed by atoms with Crippen molar-refractivity contribution < 1.29 is 23.5 Å². The van der Waals surface area contributed by atoms with E-state index in [-0.39, 0.29) is 24.1 Å². The van der Waals surface area contributed by atoms with Gasteiger partial charge in [0.15, 0.2) is 11.0 Å². The van der Waals surface area contributed by atoms with Crippen LogP contribution >= 0.6 is 23.1 Å². The normalized spacial score (nSPS) is 15.0. The third-order valence-corrected chi connectivity index (χ3v) is 7.78. The lowest BCUT2D eigenvalue weighted by molar-refractivity contribution is -0.113. The van der Waals surface area contributed by atoms with E-state index < -0.39 is 5.97 Å². The minimum atomic E-state index is -0.422. The van der Waals surface area contributed by atoms with Gasteiger partial charge in [0.1, 0.15) is 23.2 Å². The van der Waals surface area contributed by atoms with Crippen molar-refractivity contribution in [3.63, 3.8) is 0 Å². The molecular weight excluding hydrogens is 479 g/mol. The zero-order valence-corrected chi connectivity index (χ0v) is 20.7. The van der Waals surface area contributed by atoms with Gasteiger partial charge < -0.3 is 19.4 Å². The number of aromatic nitrogens is 3. The summed E-state index contributed by atoms with van der Waals surface area (Å²) < 4.78 is 25.4. The van der Waals surface area contributed by atoms with Crippen molar-refractivity contribution in [3.8, 4) is 5.75 Å². The third-order valence-electron chi connectivity index (χ3n) is 5.59. The number of amides is 1. The number of nitrogens with one attached hydrogen (secondary N) is 1. The molecule has 1 aliphatic rings. The molecular formula is C23H25FN4O4S2. The van der Waals surface area contributed by atoms with Crippen LogP contribution in [0.15, 0.2) is 29.4 Å². The van der Waals surface area contributed by atoms with E-state index in [1.165, 1.54) is 54.5 Å². The van der Waals surface area contributed by atoms with Crippen LogP contribution in [0, 0.1) is 11.7 Å². The molecule has 0 saturated heterocycles. The Balaban J connectivity index is 1.37. The summed E-state index contributed by atoms with van der Waals surface area (Å²) >= 11 is 2.69. The maximum Gasteiger partial charge on any atom is 0.341 e. The predicted molar refractivity (Wildman–Crippen MR) is 128 cm³/mol. The average molecular weight is 505 g/mol. The van der Waals surface area contributed by atoms with E-state index in [1.54, 1.807) is 11.6 Å². The number of carbonyl (C=O) groups is 2. The zero-order valence-electron chi connectivity index (χ0n) is 19.1. The number of thioether (sulfide) groups is 1. The maximum absolute atomic E-state index is 13.0. The van der Waals surface area contributed by atoms with Crippen molar-refractivity contribution in [1.29, 1.82) is 0 Å². The van der Waals surface area contributed by atoms with E-state index in [1.807, 2.05) is 0 Å². The Kier molecular flexibility index (Phi) is 7.52. The Morgan fingerprint density at radius 2 is 2.06 bits per heavy atom. The SMILES string of the molecule is COC(=O)c1c(NC(=O)CSc2nnc(COc3ccc(F)cc3)n2C)sc2c1CCC(C)C2. The number of hydrogen-bond acceptors (Lipinski definition) is 8. The number of benzene rings is 1. The van der Waals surface area contributed by atoms with Gasteiger partial charge in [-0.3, -0.25) is 4.79 Å². The molecule has 180 valence electrons. The Labute approximate surface area is 204 Å². The highest BCUT2D eigenvalue weighted by molar-refractivity contribution is 7.99. The van der Waals surface area contributed by atoms with E-state index >= 15 is 0 Å². The lowest BCUT2D eigenvalue weighted by atomic mass is 9.88. The van der Waals surface area contributed by atoms with Crippen LogP contribution in [-0.4, -0.2) is 39.5 Å². The van der Waals surface area contributed by atoms with Crippen LogP contribution in [0.4, 0.5) is 9.39 Å². The first-order valence-corrected chi connectivity index (χ1v) is 12.6. The highest BCUT2D eigenvalue weighted by atomic mass is 32.2. The van der Waals surface area contributed by atoms with Gasteiger partial charge >= 0.3 is 5.97 Å². The molecule has 34 heavy (non-hydrogen) atoms. The van der Waals surface area contributed by atoms with E-state index in [0.29, 0.717) is 33.2 Å². The second-order valence-electron chi connectivity index (χ2n) is 8.08. The van der Waals surface area contributed by atoms with E-state index in [2.05, 4.69) is 22.4 Å². The molecule has 1 unspecified atom stereocenters. The number of halogens is 1. The average Bonchev–Trinajstić information content (AvgIpc) is 3.35. The quantitative estimate of drug-likeness (QED) is 0.362. The molecule has 8 nitrogen and oxygen atoms in total. The van der Waals surface area contributed by atoms with Gasteiger partial charge in [0.2, 0.25) is 5.91 Å². The second kappa shape index (κ2) is 10.6. The third kappa shape index (κ3) is 5.41. The van der Waals surface area contributed by atoms with Gasteiger partial charge in [-0.05, 0) is 55.0 Å². The number of methoxy groups -OCH3 is 1. The van der Waals surface area contributed by atoms with Gasteiger partial charge in [-0.2, -0.15) is 0 Å². The fraction of sp³-hybridized carbons (Fsp3) is 0.391. The molecule has 0 radical (unpaired) electrons. The number of anilines is 1. The monoisotopic (exact) mass is 504 g/mol. The fourth-order valence-electron chi connectivity index (χ4n) is 3.72. The molecule has 3 aromatic rings. The summed E-state index contributed by atoms with van der Waals surface area (Å²) in [6.45, 7) is 2.35. The van der Waals surface area contributed by atoms with Crippen LogP contribution in [0.1, 0.15) is 40.0 Å². The molecule has 11 heteroatoms. The van der Waals surface area contributed by atoms with Gasteiger partial charge in [-0.15, -0.1) is 21.5 Å². The standard InChI is InChI=1S/C23H25FN4O4S2/c1-13-4-9-16-17(10-13)34-21(20(16)22(30)31-3)25-19(29)12-33-23-27-26-18(28(23)2)11-32-15-7-5-14(24)6-8-15/h5-8,13H,4,9-12H2,1-3H3,(H,25,29). The minimum absolute atomic E-state index is 0.102. The Hall–Kier alpha value is -2.92. The van der Waals surface area contributed by atoms with E-state index in [9.17, 15) is 14.0 Å². The summed E-state index contributed by atoms with van der Waals surface area (Å²) in [5.74, 6) is 0.743. The molecule has 1 amide bonds. The van der Waals surface area contributed by atoms with Crippen LogP contribution in [0.5, 0.6) is 5.75 Å². The van der Waals surface area contributed by atoms with E-state index in [4.69, 9.17) is 9.47 Å². The first-order valence-electron chi connectivity index (χ1n) is 10.8.